The molecule has 0 saturated heterocycles. The SMILES string of the molecule is Nc1ccc(-c2cnn(CC3CC3)c2)c(Cl)c1N. The number of nitrogens with zero attached hydrogens (tertiary/aromatic N) is 2. The summed E-state index contributed by atoms with van der Waals surface area (Å²) in [4.78, 5) is 0. The summed E-state index contributed by atoms with van der Waals surface area (Å²) in [6.45, 7) is 0.988. The molecule has 4 N–H and O–H groups in total. The van der Waals surface area contributed by atoms with Gasteiger partial charge >= 0.3 is 0 Å². The van der Waals surface area contributed by atoms with Crippen molar-refractivity contribution in [3.63, 3.8) is 0 Å². The molecule has 0 radical (unpaired) electrons. The number of anilines is 2. The van der Waals surface area contributed by atoms with E-state index >= 15 is 0 Å². The summed E-state index contributed by atoms with van der Waals surface area (Å²) in [6, 6.07) is 3.65. The molecule has 0 unspecified atom stereocenters. The van der Waals surface area contributed by atoms with Gasteiger partial charge in [-0.15, -0.1) is 0 Å². The molecule has 1 aromatic carbocycles. The number of benzene rings is 1. The molecule has 1 aliphatic rings. The minimum atomic E-state index is 0.434. The normalized spacial score (nSPS) is 14.9. The molecule has 94 valence electrons. The van der Waals surface area contributed by atoms with Crippen LogP contribution in [0, 0.1) is 5.92 Å². The van der Waals surface area contributed by atoms with E-state index in [1.165, 1.54) is 12.8 Å². The molecule has 1 aliphatic carbocycles. The monoisotopic (exact) mass is 262 g/mol. The van der Waals surface area contributed by atoms with Gasteiger partial charge in [-0.05, 0) is 24.8 Å². The van der Waals surface area contributed by atoms with Crippen LogP contribution in [0.3, 0.4) is 0 Å². The molecule has 0 aliphatic heterocycles. The topological polar surface area (TPSA) is 69.9 Å². The number of aromatic nitrogens is 2. The van der Waals surface area contributed by atoms with Gasteiger partial charge in [-0.25, -0.2) is 0 Å². The summed E-state index contributed by atoms with van der Waals surface area (Å²) in [5.74, 6) is 0.796. The highest BCUT2D eigenvalue weighted by atomic mass is 35.5. The molecule has 0 spiro atoms. The number of nitrogens with two attached hydrogens (primary N) is 2. The number of nitrogen functional groups attached to an aromatic ring is 2. The van der Waals surface area contributed by atoms with E-state index in [4.69, 9.17) is 23.1 Å². The van der Waals surface area contributed by atoms with Gasteiger partial charge in [0.25, 0.3) is 0 Å². The summed E-state index contributed by atoms with van der Waals surface area (Å²) in [5, 5.41) is 4.85. The first-order valence-electron chi connectivity index (χ1n) is 6.01. The summed E-state index contributed by atoms with van der Waals surface area (Å²) in [7, 11) is 0. The van der Waals surface area contributed by atoms with Crippen LogP contribution in [0.15, 0.2) is 24.5 Å². The zero-order valence-electron chi connectivity index (χ0n) is 9.94. The summed E-state index contributed by atoms with van der Waals surface area (Å²) >= 11 is 6.22. The lowest BCUT2D eigenvalue weighted by Crippen LogP contribution is -1.99. The number of rotatable bonds is 3. The van der Waals surface area contributed by atoms with Crippen molar-refractivity contribution in [2.75, 3.05) is 11.5 Å². The van der Waals surface area contributed by atoms with Gasteiger partial charge in [0.1, 0.15) is 0 Å². The van der Waals surface area contributed by atoms with Crippen molar-refractivity contribution in [3.05, 3.63) is 29.5 Å². The standard InChI is InChI=1S/C13H15ClN4/c14-12-10(3-4-11(15)13(12)16)9-5-17-18(7-9)6-8-1-2-8/h3-5,7-8H,1-2,6,15-16H2. The zero-order chi connectivity index (χ0) is 12.7. The average Bonchev–Trinajstić information content (AvgIpc) is 3.04. The Hall–Kier alpha value is -1.68. The Morgan fingerprint density at radius 1 is 1.33 bits per heavy atom. The summed E-state index contributed by atoms with van der Waals surface area (Å²) < 4.78 is 1.97. The lowest BCUT2D eigenvalue weighted by atomic mass is 10.1. The average molecular weight is 263 g/mol. The molecule has 1 aromatic heterocycles. The second kappa shape index (κ2) is 4.21. The van der Waals surface area contributed by atoms with Gasteiger partial charge in [-0.2, -0.15) is 5.10 Å². The molecule has 1 fully saturated rings. The third-order valence-corrected chi connectivity index (χ3v) is 3.71. The van der Waals surface area contributed by atoms with Crippen LogP contribution in [0.2, 0.25) is 5.02 Å². The van der Waals surface area contributed by atoms with Gasteiger partial charge in [-0.3, -0.25) is 4.68 Å². The molecule has 2 aromatic rings. The predicted octanol–water partition coefficient (Wildman–Crippen LogP) is 2.78. The third-order valence-electron chi connectivity index (χ3n) is 3.30. The molecule has 0 amide bonds. The van der Waals surface area contributed by atoms with Gasteiger partial charge in [0.15, 0.2) is 0 Å². The Bertz CT molecular complexity index is 587. The van der Waals surface area contributed by atoms with E-state index in [9.17, 15) is 0 Å². The first-order valence-corrected chi connectivity index (χ1v) is 6.39. The molecular weight excluding hydrogens is 248 g/mol. The van der Waals surface area contributed by atoms with Crippen molar-refractivity contribution in [3.8, 4) is 11.1 Å². The fraction of sp³-hybridized carbons (Fsp3) is 0.308. The first kappa shape index (κ1) is 11.4. The van der Waals surface area contributed by atoms with Crippen molar-refractivity contribution in [2.45, 2.75) is 19.4 Å². The fourth-order valence-corrected chi connectivity index (χ4v) is 2.28. The van der Waals surface area contributed by atoms with Gasteiger partial charge in [0.05, 0.1) is 22.6 Å². The Morgan fingerprint density at radius 2 is 2.11 bits per heavy atom. The minimum absolute atomic E-state index is 0.434. The lowest BCUT2D eigenvalue weighted by Gasteiger charge is -2.07. The van der Waals surface area contributed by atoms with E-state index in [0.29, 0.717) is 16.4 Å². The molecule has 0 atom stereocenters. The molecular formula is C13H15ClN4. The fourth-order valence-electron chi connectivity index (χ4n) is 2.00. The van der Waals surface area contributed by atoms with E-state index < -0.39 is 0 Å². The second-order valence-electron chi connectivity index (χ2n) is 4.82. The smallest absolute Gasteiger partial charge is 0.0743 e. The zero-order valence-corrected chi connectivity index (χ0v) is 10.7. The van der Waals surface area contributed by atoms with Crippen LogP contribution in [0.1, 0.15) is 12.8 Å². The largest absolute Gasteiger partial charge is 0.397 e. The lowest BCUT2D eigenvalue weighted by molar-refractivity contribution is 0.563. The second-order valence-corrected chi connectivity index (χ2v) is 5.20. The predicted molar refractivity (Wildman–Crippen MR) is 74.2 cm³/mol. The minimum Gasteiger partial charge on any atom is -0.397 e. The maximum Gasteiger partial charge on any atom is 0.0743 e. The molecule has 18 heavy (non-hydrogen) atoms. The van der Waals surface area contributed by atoms with Crippen LogP contribution < -0.4 is 11.5 Å². The molecule has 3 rings (SSSR count). The maximum atomic E-state index is 6.22. The summed E-state index contributed by atoms with van der Waals surface area (Å²) in [6.07, 6.45) is 6.45. The maximum absolute atomic E-state index is 6.22. The van der Waals surface area contributed by atoms with Crippen molar-refractivity contribution >= 4 is 23.0 Å². The van der Waals surface area contributed by atoms with E-state index in [1.807, 2.05) is 23.1 Å². The highest BCUT2D eigenvalue weighted by Crippen LogP contribution is 2.36. The van der Waals surface area contributed by atoms with Crippen LogP contribution in [-0.4, -0.2) is 9.78 Å². The van der Waals surface area contributed by atoms with E-state index in [0.717, 1.165) is 23.6 Å². The summed E-state index contributed by atoms with van der Waals surface area (Å²) in [5.41, 5.74) is 14.4. The van der Waals surface area contributed by atoms with Gasteiger partial charge in [0.2, 0.25) is 0 Å². The number of hydrogen-bond acceptors (Lipinski definition) is 3. The van der Waals surface area contributed by atoms with Crippen molar-refractivity contribution in [1.29, 1.82) is 0 Å². The number of hydrogen-bond donors (Lipinski definition) is 2. The van der Waals surface area contributed by atoms with Gasteiger partial charge < -0.3 is 11.5 Å². The molecule has 1 saturated carbocycles. The Labute approximate surface area is 111 Å². The van der Waals surface area contributed by atoms with Crippen molar-refractivity contribution in [1.82, 2.24) is 9.78 Å². The molecule has 4 nitrogen and oxygen atoms in total. The highest BCUT2D eigenvalue weighted by molar-refractivity contribution is 6.36. The quantitative estimate of drug-likeness (QED) is 0.836. The van der Waals surface area contributed by atoms with Gasteiger partial charge in [-0.1, -0.05) is 17.7 Å². The highest BCUT2D eigenvalue weighted by Gasteiger charge is 2.22. The van der Waals surface area contributed by atoms with Crippen LogP contribution in [0.4, 0.5) is 11.4 Å². The molecule has 0 bridgehead atoms. The molecule has 5 heteroatoms. The Kier molecular flexibility index (Phi) is 2.67. The van der Waals surface area contributed by atoms with Gasteiger partial charge in [0, 0.05) is 23.9 Å². The van der Waals surface area contributed by atoms with Crippen molar-refractivity contribution in [2.24, 2.45) is 5.92 Å². The van der Waals surface area contributed by atoms with Crippen LogP contribution in [0.5, 0.6) is 0 Å². The van der Waals surface area contributed by atoms with Crippen LogP contribution in [0.25, 0.3) is 11.1 Å². The van der Waals surface area contributed by atoms with E-state index in [-0.39, 0.29) is 0 Å². The number of halogens is 1. The molecule has 1 heterocycles. The van der Waals surface area contributed by atoms with E-state index in [2.05, 4.69) is 5.10 Å². The Balaban J connectivity index is 1.93. The van der Waals surface area contributed by atoms with E-state index in [1.54, 1.807) is 6.07 Å². The van der Waals surface area contributed by atoms with Crippen molar-refractivity contribution < 1.29 is 0 Å². The Morgan fingerprint density at radius 3 is 2.83 bits per heavy atom. The first-order chi connectivity index (χ1) is 8.65. The van der Waals surface area contributed by atoms with Crippen LogP contribution >= 0.6 is 11.6 Å². The third kappa shape index (κ3) is 2.04. The van der Waals surface area contributed by atoms with Crippen LogP contribution in [-0.2, 0) is 6.54 Å².